The van der Waals surface area contributed by atoms with E-state index in [4.69, 9.17) is 0 Å². The molecule has 4 heterocycles. The maximum absolute atomic E-state index is 14.3. The fourth-order valence-electron chi connectivity index (χ4n) is 3.68. The van der Waals surface area contributed by atoms with Crippen molar-refractivity contribution in [3.8, 4) is 11.4 Å². The van der Waals surface area contributed by atoms with Crippen molar-refractivity contribution in [2.24, 2.45) is 5.92 Å². The number of aromatic amines is 1. The summed E-state index contributed by atoms with van der Waals surface area (Å²) in [4.78, 5) is 29.7. The van der Waals surface area contributed by atoms with E-state index in [1.54, 1.807) is 12.4 Å². The molecule has 1 saturated heterocycles. The van der Waals surface area contributed by atoms with Crippen molar-refractivity contribution in [1.82, 2.24) is 24.8 Å². The molecule has 0 radical (unpaired) electrons. The summed E-state index contributed by atoms with van der Waals surface area (Å²) in [5.74, 6) is 0.586. The standard InChI is InChI=1S/C20H23FN6O/c1-2-17(28)27-8-4-5-13(12-27)9-23-20-16(21)11-25-19(26-20)15-10-24-18-14(15)6-3-7-22-18/h3,6-7,10-11,13H,2,4-5,8-9,12H2,1H3,(H,22,24)(H,23,25,26). The van der Waals surface area contributed by atoms with Crippen molar-refractivity contribution in [2.45, 2.75) is 26.2 Å². The quantitative estimate of drug-likeness (QED) is 0.708. The summed E-state index contributed by atoms with van der Waals surface area (Å²) in [6.07, 6.45) is 7.17. The molecule has 1 amide bonds. The zero-order valence-electron chi connectivity index (χ0n) is 15.8. The topological polar surface area (TPSA) is 86.8 Å². The van der Waals surface area contributed by atoms with Gasteiger partial charge in [0.25, 0.3) is 0 Å². The van der Waals surface area contributed by atoms with E-state index in [9.17, 15) is 9.18 Å². The van der Waals surface area contributed by atoms with Crippen molar-refractivity contribution in [1.29, 1.82) is 0 Å². The predicted octanol–water partition coefficient (Wildman–Crippen LogP) is 3.22. The van der Waals surface area contributed by atoms with Crippen LogP contribution in [0, 0.1) is 11.7 Å². The van der Waals surface area contributed by atoms with E-state index in [1.807, 2.05) is 24.0 Å². The summed E-state index contributed by atoms with van der Waals surface area (Å²) in [5, 5.41) is 4.01. The predicted molar refractivity (Wildman–Crippen MR) is 105 cm³/mol. The Morgan fingerprint density at radius 2 is 2.32 bits per heavy atom. The largest absolute Gasteiger partial charge is 0.367 e. The lowest BCUT2D eigenvalue weighted by molar-refractivity contribution is -0.132. The number of fused-ring (bicyclic) bond motifs is 1. The van der Waals surface area contributed by atoms with Gasteiger partial charge in [0.2, 0.25) is 5.91 Å². The minimum atomic E-state index is -0.487. The van der Waals surface area contributed by atoms with Crippen molar-refractivity contribution in [3.63, 3.8) is 0 Å². The number of nitrogens with zero attached hydrogens (tertiary/aromatic N) is 4. The first-order valence-corrected chi connectivity index (χ1v) is 9.62. The van der Waals surface area contributed by atoms with E-state index in [0.717, 1.165) is 36.0 Å². The fraction of sp³-hybridized carbons (Fsp3) is 0.400. The maximum Gasteiger partial charge on any atom is 0.222 e. The van der Waals surface area contributed by atoms with Crippen molar-refractivity contribution in [2.75, 3.05) is 25.0 Å². The van der Waals surface area contributed by atoms with Crippen LogP contribution in [0.4, 0.5) is 10.2 Å². The van der Waals surface area contributed by atoms with Crippen LogP contribution in [0.2, 0.25) is 0 Å². The van der Waals surface area contributed by atoms with Gasteiger partial charge >= 0.3 is 0 Å². The summed E-state index contributed by atoms with van der Waals surface area (Å²) in [5.41, 5.74) is 1.52. The molecule has 1 aliphatic rings. The second-order valence-corrected chi connectivity index (χ2v) is 7.07. The average Bonchev–Trinajstić information content (AvgIpc) is 3.17. The van der Waals surface area contributed by atoms with E-state index in [2.05, 4.69) is 25.3 Å². The summed E-state index contributed by atoms with van der Waals surface area (Å²) in [6, 6.07) is 3.77. The van der Waals surface area contributed by atoms with Gasteiger partial charge in [0.05, 0.1) is 6.20 Å². The molecule has 0 aromatic carbocycles. The molecule has 0 saturated carbocycles. The molecule has 4 rings (SSSR count). The third-order valence-electron chi connectivity index (χ3n) is 5.17. The van der Waals surface area contributed by atoms with E-state index in [-0.39, 0.29) is 17.6 Å². The van der Waals surface area contributed by atoms with Gasteiger partial charge in [-0.1, -0.05) is 6.92 Å². The van der Waals surface area contributed by atoms with Crippen molar-refractivity contribution >= 4 is 22.8 Å². The lowest BCUT2D eigenvalue weighted by atomic mass is 9.97. The van der Waals surface area contributed by atoms with Crippen LogP contribution in [0.15, 0.2) is 30.7 Å². The first-order valence-electron chi connectivity index (χ1n) is 9.62. The molecule has 1 aliphatic heterocycles. The second-order valence-electron chi connectivity index (χ2n) is 7.07. The fourth-order valence-corrected chi connectivity index (χ4v) is 3.68. The molecule has 8 heteroatoms. The van der Waals surface area contributed by atoms with Crippen LogP contribution in [0.25, 0.3) is 22.4 Å². The molecule has 1 unspecified atom stereocenters. The van der Waals surface area contributed by atoms with Gasteiger partial charge < -0.3 is 15.2 Å². The molecule has 0 bridgehead atoms. The third-order valence-corrected chi connectivity index (χ3v) is 5.17. The Labute approximate surface area is 162 Å². The highest BCUT2D eigenvalue weighted by molar-refractivity contribution is 5.91. The number of hydrogen-bond donors (Lipinski definition) is 2. The van der Waals surface area contributed by atoms with Crippen LogP contribution in [0.5, 0.6) is 0 Å². The van der Waals surface area contributed by atoms with Gasteiger partial charge in [-0.05, 0) is 30.9 Å². The van der Waals surface area contributed by atoms with Gasteiger partial charge in [0, 0.05) is 49.4 Å². The number of rotatable bonds is 5. The minimum Gasteiger partial charge on any atom is -0.367 e. The number of piperidine rings is 1. The highest BCUT2D eigenvalue weighted by Gasteiger charge is 2.23. The Balaban J connectivity index is 1.50. The van der Waals surface area contributed by atoms with Crippen molar-refractivity contribution in [3.05, 3.63) is 36.5 Å². The monoisotopic (exact) mass is 382 g/mol. The van der Waals surface area contributed by atoms with E-state index >= 15 is 0 Å². The Kier molecular flexibility index (Phi) is 5.18. The third kappa shape index (κ3) is 3.67. The molecule has 3 aromatic rings. The van der Waals surface area contributed by atoms with Gasteiger partial charge in [-0.15, -0.1) is 0 Å². The molecule has 2 N–H and O–H groups in total. The van der Waals surface area contributed by atoms with Crippen molar-refractivity contribution < 1.29 is 9.18 Å². The van der Waals surface area contributed by atoms with Crippen LogP contribution < -0.4 is 5.32 Å². The van der Waals surface area contributed by atoms with Gasteiger partial charge in [-0.2, -0.15) is 0 Å². The number of anilines is 1. The summed E-state index contributed by atoms with van der Waals surface area (Å²) >= 11 is 0. The maximum atomic E-state index is 14.3. The van der Waals surface area contributed by atoms with Gasteiger partial charge in [-0.25, -0.2) is 19.3 Å². The zero-order valence-corrected chi connectivity index (χ0v) is 15.8. The van der Waals surface area contributed by atoms with Gasteiger partial charge in [0.15, 0.2) is 17.5 Å². The van der Waals surface area contributed by atoms with E-state index in [0.29, 0.717) is 25.3 Å². The molecule has 3 aromatic heterocycles. The molecule has 1 atom stereocenters. The van der Waals surface area contributed by atoms with Crippen LogP contribution in [-0.4, -0.2) is 50.4 Å². The Bertz CT molecular complexity index is 988. The number of pyridine rings is 1. The number of amides is 1. The normalized spacial score (nSPS) is 17.1. The molecular weight excluding hydrogens is 359 g/mol. The molecule has 0 spiro atoms. The number of H-pyrrole nitrogens is 1. The molecule has 1 fully saturated rings. The van der Waals surface area contributed by atoms with Gasteiger partial charge in [0.1, 0.15) is 5.65 Å². The number of carbonyl (C=O) groups excluding carboxylic acids is 1. The van der Waals surface area contributed by atoms with E-state index in [1.165, 1.54) is 6.20 Å². The lowest BCUT2D eigenvalue weighted by Crippen LogP contribution is -2.41. The molecular formula is C20H23FN6O. The summed E-state index contributed by atoms with van der Waals surface area (Å²) in [7, 11) is 0. The molecule has 7 nitrogen and oxygen atoms in total. The zero-order chi connectivity index (χ0) is 19.5. The van der Waals surface area contributed by atoms with Crippen LogP contribution in [-0.2, 0) is 4.79 Å². The second kappa shape index (κ2) is 7.92. The number of carbonyl (C=O) groups is 1. The minimum absolute atomic E-state index is 0.174. The van der Waals surface area contributed by atoms with Crippen LogP contribution in [0.3, 0.4) is 0 Å². The number of nitrogens with one attached hydrogen (secondary N) is 2. The smallest absolute Gasteiger partial charge is 0.222 e. The Morgan fingerprint density at radius 1 is 1.43 bits per heavy atom. The van der Waals surface area contributed by atoms with Crippen LogP contribution in [0.1, 0.15) is 26.2 Å². The molecule has 28 heavy (non-hydrogen) atoms. The Morgan fingerprint density at radius 3 is 3.18 bits per heavy atom. The van der Waals surface area contributed by atoms with Crippen LogP contribution >= 0.6 is 0 Å². The SMILES string of the molecule is CCC(=O)N1CCCC(CNc2nc(-c3c[nH]c4ncccc34)ncc2F)C1. The number of hydrogen-bond acceptors (Lipinski definition) is 5. The summed E-state index contributed by atoms with van der Waals surface area (Å²) in [6.45, 7) is 3.95. The highest BCUT2D eigenvalue weighted by atomic mass is 19.1. The highest BCUT2D eigenvalue weighted by Crippen LogP contribution is 2.26. The number of aromatic nitrogens is 4. The molecule has 146 valence electrons. The number of likely N-dealkylation sites (tertiary alicyclic amines) is 1. The lowest BCUT2D eigenvalue weighted by Gasteiger charge is -2.32. The Hall–Kier alpha value is -3.03. The molecule has 0 aliphatic carbocycles. The summed E-state index contributed by atoms with van der Waals surface area (Å²) < 4.78 is 14.3. The van der Waals surface area contributed by atoms with E-state index < -0.39 is 5.82 Å². The number of halogens is 1. The first-order chi connectivity index (χ1) is 13.7. The van der Waals surface area contributed by atoms with Gasteiger partial charge in [-0.3, -0.25) is 4.79 Å². The average molecular weight is 382 g/mol. The first kappa shape index (κ1) is 18.3.